The molecule has 0 atom stereocenters. The zero-order valence-corrected chi connectivity index (χ0v) is 8.74. The Morgan fingerprint density at radius 2 is 2.23 bits per heavy atom. The van der Waals surface area contributed by atoms with Crippen LogP contribution < -0.4 is 5.32 Å². The maximum Gasteiger partial charge on any atom is 0.0390 e. The average Bonchev–Trinajstić information content (AvgIpc) is 2.50. The van der Waals surface area contributed by atoms with Crippen molar-refractivity contribution in [2.24, 2.45) is 0 Å². The van der Waals surface area contributed by atoms with E-state index in [2.05, 4.69) is 35.8 Å². The molecule has 0 bridgehead atoms. The second-order valence-electron chi connectivity index (χ2n) is 3.24. The van der Waals surface area contributed by atoms with Gasteiger partial charge >= 0.3 is 0 Å². The van der Waals surface area contributed by atoms with Gasteiger partial charge in [-0.1, -0.05) is 18.2 Å². The molecule has 0 spiro atoms. The van der Waals surface area contributed by atoms with E-state index in [0.29, 0.717) is 0 Å². The Hall–Kier alpha value is -0.860. The number of fused-ring (bicyclic) bond motifs is 1. The topological polar surface area (TPSA) is 12.0 Å². The monoisotopic (exact) mass is 191 g/mol. The molecule has 1 N–H and O–H groups in total. The van der Waals surface area contributed by atoms with E-state index in [0.717, 1.165) is 6.54 Å². The van der Waals surface area contributed by atoms with Crippen molar-refractivity contribution in [1.29, 1.82) is 0 Å². The molecule has 0 saturated carbocycles. The van der Waals surface area contributed by atoms with Crippen molar-refractivity contribution in [1.82, 2.24) is 5.32 Å². The van der Waals surface area contributed by atoms with Gasteiger partial charge in [0.2, 0.25) is 0 Å². The van der Waals surface area contributed by atoms with E-state index in [1.165, 1.54) is 21.2 Å². The highest BCUT2D eigenvalue weighted by atomic mass is 32.1. The molecule has 2 heteroatoms. The van der Waals surface area contributed by atoms with Crippen LogP contribution in [-0.2, 0) is 6.54 Å². The minimum Gasteiger partial charge on any atom is -0.316 e. The summed E-state index contributed by atoms with van der Waals surface area (Å²) in [5.74, 6) is 0. The molecule has 0 unspecified atom stereocenters. The quantitative estimate of drug-likeness (QED) is 0.769. The van der Waals surface area contributed by atoms with E-state index >= 15 is 0 Å². The Kier molecular flexibility index (Phi) is 2.34. The number of aryl methyl sites for hydroxylation is 1. The molecule has 0 aliphatic carbocycles. The fraction of sp³-hybridized carbons (Fsp3) is 0.273. The van der Waals surface area contributed by atoms with Crippen LogP contribution in [0.15, 0.2) is 23.6 Å². The van der Waals surface area contributed by atoms with E-state index in [1.54, 1.807) is 0 Å². The predicted molar refractivity (Wildman–Crippen MR) is 59.3 cm³/mol. The van der Waals surface area contributed by atoms with E-state index in [-0.39, 0.29) is 0 Å². The molecule has 1 nitrogen and oxygen atoms in total. The second kappa shape index (κ2) is 3.48. The van der Waals surface area contributed by atoms with Crippen molar-refractivity contribution in [3.8, 4) is 0 Å². The summed E-state index contributed by atoms with van der Waals surface area (Å²) in [6.45, 7) is 3.12. The van der Waals surface area contributed by atoms with Gasteiger partial charge in [0.05, 0.1) is 0 Å². The Labute approximate surface area is 82.4 Å². The van der Waals surface area contributed by atoms with Crippen LogP contribution in [0, 0.1) is 6.92 Å². The molecule has 1 aromatic heterocycles. The van der Waals surface area contributed by atoms with Crippen LogP contribution in [-0.4, -0.2) is 7.05 Å². The van der Waals surface area contributed by atoms with E-state index in [4.69, 9.17) is 0 Å². The number of rotatable bonds is 2. The third-order valence-electron chi connectivity index (χ3n) is 2.24. The van der Waals surface area contributed by atoms with Crippen molar-refractivity contribution in [3.63, 3.8) is 0 Å². The molecule has 13 heavy (non-hydrogen) atoms. The van der Waals surface area contributed by atoms with Gasteiger partial charge in [0.15, 0.2) is 0 Å². The molecular weight excluding hydrogens is 178 g/mol. The van der Waals surface area contributed by atoms with Crippen LogP contribution in [0.4, 0.5) is 0 Å². The lowest BCUT2D eigenvalue weighted by atomic mass is 10.1. The van der Waals surface area contributed by atoms with Gasteiger partial charge in [0.1, 0.15) is 0 Å². The minimum atomic E-state index is 0.956. The van der Waals surface area contributed by atoms with Gasteiger partial charge in [0, 0.05) is 11.2 Å². The van der Waals surface area contributed by atoms with E-state index in [9.17, 15) is 0 Å². The summed E-state index contributed by atoms with van der Waals surface area (Å²) in [4.78, 5) is 0. The Morgan fingerprint density at radius 1 is 1.38 bits per heavy atom. The highest BCUT2D eigenvalue weighted by Crippen LogP contribution is 2.28. The maximum atomic E-state index is 3.19. The van der Waals surface area contributed by atoms with Crippen molar-refractivity contribution >= 4 is 21.4 Å². The van der Waals surface area contributed by atoms with Crippen LogP contribution in [0.5, 0.6) is 0 Å². The van der Waals surface area contributed by atoms with Crippen molar-refractivity contribution in [2.45, 2.75) is 13.5 Å². The summed E-state index contributed by atoms with van der Waals surface area (Å²) in [6.07, 6.45) is 0. The lowest BCUT2D eigenvalue weighted by molar-refractivity contribution is 0.824. The van der Waals surface area contributed by atoms with Gasteiger partial charge in [-0.3, -0.25) is 0 Å². The van der Waals surface area contributed by atoms with Crippen molar-refractivity contribution in [3.05, 3.63) is 34.7 Å². The normalized spacial score (nSPS) is 10.9. The molecule has 0 aliphatic rings. The molecular formula is C11H13NS. The summed E-state index contributed by atoms with van der Waals surface area (Å²) in [5, 5.41) is 6.82. The van der Waals surface area contributed by atoms with Gasteiger partial charge in [-0.2, -0.15) is 0 Å². The van der Waals surface area contributed by atoms with Crippen LogP contribution >= 0.6 is 11.3 Å². The molecule has 2 aromatic rings. The van der Waals surface area contributed by atoms with Crippen LogP contribution in [0.1, 0.15) is 11.1 Å². The summed E-state index contributed by atoms with van der Waals surface area (Å²) >= 11 is 1.84. The molecule has 1 aromatic carbocycles. The van der Waals surface area contributed by atoms with Gasteiger partial charge < -0.3 is 5.32 Å². The molecule has 1 heterocycles. The smallest absolute Gasteiger partial charge is 0.0390 e. The largest absolute Gasteiger partial charge is 0.316 e. The number of hydrogen-bond donors (Lipinski definition) is 1. The SMILES string of the molecule is CNCc1cccc2c(C)csc12. The summed E-state index contributed by atoms with van der Waals surface area (Å²) in [7, 11) is 1.99. The van der Waals surface area contributed by atoms with Crippen LogP contribution in [0.3, 0.4) is 0 Å². The van der Waals surface area contributed by atoms with Gasteiger partial charge in [-0.05, 0) is 35.9 Å². The fourth-order valence-corrected chi connectivity index (χ4v) is 2.64. The Balaban J connectivity index is 2.63. The highest BCUT2D eigenvalue weighted by Gasteiger charge is 2.03. The number of hydrogen-bond acceptors (Lipinski definition) is 2. The fourth-order valence-electron chi connectivity index (χ4n) is 1.57. The van der Waals surface area contributed by atoms with E-state index in [1.807, 2.05) is 18.4 Å². The standard InChI is InChI=1S/C11H13NS/c1-8-7-13-11-9(6-12-2)4-3-5-10(8)11/h3-5,7,12H,6H2,1-2H3. The summed E-state index contributed by atoms with van der Waals surface area (Å²) < 4.78 is 1.43. The molecule has 0 radical (unpaired) electrons. The second-order valence-corrected chi connectivity index (χ2v) is 4.12. The van der Waals surface area contributed by atoms with Gasteiger partial charge in [-0.15, -0.1) is 11.3 Å². The third kappa shape index (κ3) is 1.47. The summed E-state index contributed by atoms with van der Waals surface area (Å²) in [5.41, 5.74) is 2.79. The lowest BCUT2D eigenvalue weighted by Gasteiger charge is -2.01. The zero-order chi connectivity index (χ0) is 9.26. The molecule has 0 amide bonds. The van der Waals surface area contributed by atoms with Crippen LogP contribution in [0.2, 0.25) is 0 Å². The molecule has 0 fully saturated rings. The van der Waals surface area contributed by atoms with Crippen LogP contribution in [0.25, 0.3) is 10.1 Å². The van der Waals surface area contributed by atoms with Crippen molar-refractivity contribution < 1.29 is 0 Å². The first kappa shape index (κ1) is 8.73. The minimum absolute atomic E-state index is 0.956. The first-order valence-corrected chi connectivity index (χ1v) is 5.31. The predicted octanol–water partition coefficient (Wildman–Crippen LogP) is 2.93. The summed E-state index contributed by atoms with van der Waals surface area (Å²) in [6, 6.07) is 6.52. The zero-order valence-electron chi connectivity index (χ0n) is 7.92. The first-order valence-electron chi connectivity index (χ1n) is 4.43. The lowest BCUT2D eigenvalue weighted by Crippen LogP contribution is -2.04. The number of benzene rings is 1. The Morgan fingerprint density at radius 3 is 3.00 bits per heavy atom. The first-order chi connectivity index (χ1) is 6.33. The average molecular weight is 191 g/mol. The van der Waals surface area contributed by atoms with Crippen molar-refractivity contribution in [2.75, 3.05) is 7.05 Å². The third-order valence-corrected chi connectivity index (χ3v) is 3.43. The van der Waals surface area contributed by atoms with Gasteiger partial charge in [-0.25, -0.2) is 0 Å². The molecule has 68 valence electrons. The highest BCUT2D eigenvalue weighted by molar-refractivity contribution is 7.17. The molecule has 0 saturated heterocycles. The number of thiophene rings is 1. The van der Waals surface area contributed by atoms with E-state index < -0.39 is 0 Å². The Bertz CT molecular complexity index is 417. The maximum absolute atomic E-state index is 3.19. The molecule has 0 aliphatic heterocycles. The number of nitrogens with one attached hydrogen (secondary N) is 1. The van der Waals surface area contributed by atoms with Gasteiger partial charge in [0.25, 0.3) is 0 Å². The molecule has 2 rings (SSSR count).